The molecule has 35 heavy (non-hydrogen) atoms. The van der Waals surface area contributed by atoms with Crippen LogP contribution in [0, 0.1) is 6.92 Å². The number of methoxy groups -OCH3 is 1. The van der Waals surface area contributed by atoms with Crippen LogP contribution >= 0.6 is 0 Å². The fourth-order valence-electron chi connectivity index (χ4n) is 3.79. The van der Waals surface area contributed by atoms with Gasteiger partial charge in [-0.15, -0.1) is 0 Å². The average Bonchev–Trinajstić information content (AvgIpc) is 2.81. The first-order valence-electron chi connectivity index (χ1n) is 11.8. The van der Waals surface area contributed by atoms with Crippen molar-refractivity contribution in [1.82, 2.24) is 10.2 Å². The fraction of sp³-hybridized carbons (Fsp3) is 0.462. The molecule has 2 amide bonds. The second-order valence-electron chi connectivity index (χ2n) is 8.55. The lowest BCUT2D eigenvalue weighted by atomic mass is 10.1. The predicted octanol–water partition coefficient (Wildman–Crippen LogP) is 3.49. The normalized spacial score (nSPS) is 12.0. The number of amides is 2. The predicted molar refractivity (Wildman–Crippen MR) is 139 cm³/mol. The number of anilines is 1. The van der Waals surface area contributed by atoms with Gasteiger partial charge in [-0.2, -0.15) is 0 Å². The quantitative estimate of drug-likeness (QED) is 0.422. The van der Waals surface area contributed by atoms with Crippen LogP contribution in [0.1, 0.15) is 44.2 Å². The first kappa shape index (κ1) is 28.2. The number of benzene rings is 2. The van der Waals surface area contributed by atoms with E-state index in [0.717, 1.165) is 34.5 Å². The van der Waals surface area contributed by atoms with Crippen molar-refractivity contribution in [2.75, 3.05) is 30.8 Å². The van der Waals surface area contributed by atoms with E-state index >= 15 is 0 Å². The molecule has 0 heterocycles. The molecular weight excluding hydrogens is 466 g/mol. The highest BCUT2D eigenvalue weighted by molar-refractivity contribution is 7.92. The van der Waals surface area contributed by atoms with Crippen LogP contribution in [-0.2, 0) is 26.2 Å². The number of ether oxygens (including phenoxy) is 1. The molecule has 1 atom stereocenters. The molecule has 8 nitrogen and oxygen atoms in total. The van der Waals surface area contributed by atoms with Gasteiger partial charge in [0.2, 0.25) is 21.8 Å². The summed E-state index contributed by atoms with van der Waals surface area (Å²) in [5, 5.41) is 2.91. The lowest BCUT2D eigenvalue weighted by molar-refractivity contribution is -0.140. The van der Waals surface area contributed by atoms with Crippen molar-refractivity contribution in [1.29, 1.82) is 0 Å². The summed E-state index contributed by atoms with van der Waals surface area (Å²) >= 11 is 0. The molecule has 192 valence electrons. The molecule has 0 fully saturated rings. The van der Waals surface area contributed by atoms with E-state index in [-0.39, 0.29) is 12.5 Å². The number of nitrogens with one attached hydrogen (secondary N) is 1. The van der Waals surface area contributed by atoms with Crippen molar-refractivity contribution < 1.29 is 22.7 Å². The Morgan fingerprint density at radius 3 is 2.40 bits per heavy atom. The second kappa shape index (κ2) is 13.1. The van der Waals surface area contributed by atoms with Gasteiger partial charge in [0.1, 0.15) is 18.3 Å². The zero-order valence-electron chi connectivity index (χ0n) is 21.3. The van der Waals surface area contributed by atoms with E-state index in [2.05, 4.69) is 5.32 Å². The molecular formula is C26H37N3O5S. The number of unbranched alkanes of at least 4 members (excludes halogenated alkanes) is 1. The highest BCUT2D eigenvalue weighted by Gasteiger charge is 2.31. The van der Waals surface area contributed by atoms with E-state index < -0.39 is 28.5 Å². The summed E-state index contributed by atoms with van der Waals surface area (Å²) in [6, 6.07) is 13.5. The molecule has 0 saturated heterocycles. The molecule has 2 aromatic rings. The SMILES string of the molecule is CCCCNC(=O)C(CC)N(Cc1cccc(OC)c1)C(=O)CN(c1cccc(C)c1)S(C)(=O)=O. The van der Waals surface area contributed by atoms with Crippen molar-refractivity contribution >= 4 is 27.5 Å². The maximum Gasteiger partial charge on any atom is 0.244 e. The van der Waals surface area contributed by atoms with Crippen molar-refractivity contribution in [3.8, 4) is 5.75 Å². The fourth-order valence-corrected chi connectivity index (χ4v) is 4.63. The average molecular weight is 504 g/mol. The summed E-state index contributed by atoms with van der Waals surface area (Å²) in [7, 11) is -2.19. The molecule has 0 aliphatic heterocycles. The number of carbonyl (C=O) groups is 2. The van der Waals surface area contributed by atoms with Gasteiger partial charge in [-0.25, -0.2) is 8.42 Å². The first-order chi connectivity index (χ1) is 16.6. The molecule has 0 radical (unpaired) electrons. The van der Waals surface area contributed by atoms with Crippen LogP contribution in [0.25, 0.3) is 0 Å². The molecule has 0 aliphatic rings. The molecule has 9 heteroatoms. The maximum atomic E-state index is 13.7. The number of aryl methyl sites for hydroxylation is 1. The number of sulfonamides is 1. The Morgan fingerprint density at radius 1 is 1.09 bits per heavy atom. The summed E-state index contributed by atoms with van der Waals surface area (Å²) < 4.78 is 31.7. The van der Waals surface area contributed by atoms with E-state index in [1.165, 1.54) is 4.90 Å². The third-order valence-corrected chi connectivity index (χ3v) is 6.81. The molecule has 0 aromatic heterocycles. The zero-order valence-corrected chi connectivity index (χ0v) is 22.1. The highest BCUT2D eigenvalue weighted by Crippen LogP contribution is 2.21. The van der Waals surface area contributed by atoms with Crippen LogP contribution < -0.4 is 14.4 Å². The Labute approximate surface area is 209 Å². The summed E-state index contributed by atoms with van der Waals surface area (Å²) in [5.74, 6) is -0.0798. The Kier molecular flexibility index (Phi) is 10.6. The largest absolute Gasteiger partial charge is 0.497 e. The molecule has 1 unspecified atom stereocenters. The van der Waals surface area contributed by atoms with Gasteiger partial charge in [0.05, 0.1) is 19.1 Å². The maximum absolute atomic E-state index is 13.7. The topological polar surface area (TPSA) is 96.0 Å². The van der Waals surface area contributed by atoms with Gasteiger partial charge in [-0.3, -0.25) is 13.9 Å². The van der Waals surface area contributed by atoms with E-state index in [9.17, 15) is 18.0 Å². The monoisotopic (exact) mass is 503 g/mol. The van der Waals surface area contributed by atoms with Crippen LogP contribution in [0.15, 0.2) is 48.5 Å². The summed E-state index contributed by atoms with van der Waals surface area (Å²) in [6.45, 7) is 5.98. The van der Waals surface area contributed by atoms with Crippen molar-refractivity contribution in [3.05, 3.63) is 59.7 Å². The van der Waals surface area contributed by atoms with Crippen molar-refractivity contribution in [3.63, 3.8) is 0 Å². The molecule has 1 N–H and O–H groups in total. The number of nitrogens with zero attached hydrogens (tertiary/aromatic N) is 2. The molecule has 2 aromatic carbocycles. The molecule has 2 rings (SSSR count). The van der Waals surface area contributed by atoms with Gasteiger partial charge in [-0.1, -0.05) is 44.5 Å². The van der Waals surface area contributed by atoms with Crippen molar-refractivity contribution in [2.24, 2.45) is 0 Å². The van der Waals surface area contributed by atoms with Crippen LogP contribution in [0.5, 0.6) is 5.75 Å². The molecule has 0 spiro atoms. The first-order valence-corrected chi connectivity index (χ1v) is 13.7. The van der Waals surface area contributed by atoms with E-state index in [0.29, 0.717) is 24.4 Å². The van der Waals surface area contributed by atoms with Crippen molar-refractivity contribution in [2.45, 2.75) is 52.6 Å². The van der Waals surface area contributed by atoms with Crippen LogP contribution in [0.2, 0.25) is 0 Å². The third kappa shape index (κ3) is 8.28. The van der Waals surface area contributed by atoms with Gasteiger partial charge >= 0.3 is 0 Å². The smallest absolute Gasteiger partial charge is 0.244 e. The third-order valence-electron chi connectivity index (χ3n) is 5.67. The number of hydrogen-bond donors (Lipinski definition) is 1. The van der Waals surface area contributed by atoms with E-state index in [1.807, 2.05) is 39.0 Å². The Hall–Kier alpha value is -3.07. The number of hydrogen-bond acceptors (Lipinski definition) is 5. The lowest BCUT2D eigenvalue weighted by Crippen LogP contribution is -2.52. The lowest BCUT2D eigenvalue weighted by Gasteiger charge is -2.33. The van der Waals surface area contributed by atoms with Crippen LogP contribution in [-0.4, -0.2) is 57.6 Å². The summed E-state index contributed by atoms with van der Waals surface area (Å²) in [6.07, 6.45) is 3.23. The van der Waals surface area contributed by atoms with Gasteiger partial charge in [0.15, 0.2) is 0 Å². The Balaban J connectivity index is 2.42. The minimum Gasteiger partial charge on any atom is -0.497 e. The number of carbonyl (C=O) groups excluding carboxylic acids is 2. The van der Waals surface area contributed by atoms with Crippen LogP contribution in [0.3, 0.4) is 0 Å². The number of rotatable bonds is 13. The highest BCUT2D eigenvalue weighted by atomic mass is 32.2. The standard InChI is InChI=1S/C26H37N3O5S/c1-6-8-15-27-26(31)24(7-2)28(18-21-12-10-14-23(17-21)34-4)25(30)19-29(35(5,32)33)22-13-9-11-20(3)16-22/h9-14,16-17,24H,6-8,15,18-19H2,1-5H3,(H,27,31). The second-order valence-corrected chi connectivity index (χ2v) is 10.5. The van der Waals surface area contributed by atoms with E-state index in [4.69, 9.17) is 4.74 Å². The molecule has 0 bridgehead atoms. The molecule has 0 saturated carbocycles. The van der Waals surface area contributed by atoms with Gasteiger partial charge in [-0.05, 0) is 55.2 Å². The molecule has 0 aliphatic carbocycles. The minimum atomic E-state index is -3.75. The Morgan fingerprint density at radius 2 is 1.80 bits per heavy atom. The van der Waals surface area contributed by atoms with Gasteiger partial charge < -0.3 is 15.0 Å². The van der Waals surface area contributed by atoms with E-state index in [1.54, 1.807) is 37.4 Å². The van der Waals surface area contributed by atoms with Gasteiger partial charge in [0, 0.05) is 13.1 Å². The zero-order chi connectivity index (χ0) is 26.0. The Bertz CT molecular complexity index is 1100. The van der Waals surface area contributed by atoms with Crippen LogP contribution in [0.4, 0.5) is 5.69 Å². The summed E-state index contributed by atoms with van der Waals surface area (Å²) in [4.78, 5) is 28.2. The minimum absolute atomic E-state index is 0.140. The summed E-state index contributed by atoms with van der Waals surface area (Å²) in [5.41, 5.74) is 2.06. The van der Waals surface area contributed by atoms with Gasteiger partial charge in [0.25, 0.3) is 0 Å².